The van der Waals surface area contributed by atoms with Gasteiger partial charge in [-0.1, -0.05) is 6.92 Å². The third-order valence-corrected chi connectivity index (χ3v) is 3.52. The summed E-state index contributed by atoms with van der Waals surface area (Å²) >= 11 is 1.70. The molecule has 0 bridgehead atoms. The molecular formula is C14H19N3OS. The van der Waals surface area contributed by atoms with Gasteiger partial charge in [-0.25, -0.2) is 9.97 Å². The second kappa shape index (κ2) is 6.52. The quantitative estimate of drug-likeness (QED) is 0.878. The molecule has 2 aromatic rings. The van der Waals surface area contributed by atoms with E-state index >= 15 is 0 Å². The van der Waals surface area contributed by atoms with Crippen LogP contribution in [0.2, 0.25) is 0 Å². The van der Waals surface area contributed by atoms with Gasteiger partial charge in [0.05, 0.1) is 29.0 Å². The molecule has 5 heteroatoms. The van der Waals surface area contributed by atoms with E-state index in [0.29, 0.717) is 12.4 Å². The normalized spacial score (nSPS) is 10.7. The molecule has 0 saturated carbocycles. The second-order valence-corrected chi connectivity index (χ2v) is 5.41. The maximum absolute atomic E-state index is 5.67. The van der Waals surface area contributed by atoms with Gasteiger partial charge in [-0.15, -0.1) is 11.3 Å². The molecule has 2 aromatic heterocycles. The van der Waals surface area contributed by atoms with Crippen LogP contribution in [-0.4, -0.2) is 16.1 Å². The van der Waals surface area contributed by atoms with Crippen LogP contribution >= 0.6 is 11.3 Å². The van der Waals surface area contributed by atoms with E-state index in [0.717, 1.165) is 17.8 Å². The van der Waals surface area contributed by atoms with E-state index in [1.54, 1.807) is 17.5 Å². The summed E-state index contributed by atoms with van der Waals surface area (Å²) in [6, 6.07) is 3.87. The largest absolute Gasteiger partial charge is 0.473 e. The molecule has 19 heavy (non-hydrogen) atoms. The van der Waals surface area contributed by atoms with Crippen LogP contribution in [-0.2, 0) is 13.0 Å². The molecule has 0 amide bonds. The van der Waals surface area contributed by atoms with Crippen molar-refractivity contribution >= 4 is 17.0 Å². The molecule has 2 heterocycles. The topological polar surface area (TPSA) is 47.0 Å². The van der Waals surface area contributed by atoms with Gasteiger partial charge in [0.15, 0.2) is 0 Å². The van der Waals surface area contributed by atoms with Gasteiger partial charge in [0.25, 0.3) is 0 Å². The number of ether oxygens (including phenoxy) is 1. The SMILES string of the molecule is CCc1nc(CNc2cccnc2OC(C)C)cs1. The minimum Gasteiger partial charge on any atom is -0.473 e. The summed E-state index contributed by atoms with van der Waals surface area (Å²) in [5.74, 6) is 0.642. The first-order valence-electron chi connectivity index (χ1n) is 6.48. The Morgan fingerprint density at radius 2 is 2.26 bits per heavy atom. The zero-order valence-electron chi connectivity index (χ0n) is 11.5. The second-order valence-electron chi connectivity index (χ2n) is 4.46. The molecule has 0 aliphatic heterocycles. The molecule has 0 aliphatic carbocycles. The Bertz CT molecular complexity index is 525. The van der Waals surface area contributed by atoms with E-state index in [1.165, 1.54) is 5.01 Å². The lowest BCUT2D eigenvalue weighted by molar-refractivity contribution is 0.234. The predicted octanol–water partition coefficient (Wildman–Crippen LogP) is 3.50. The molecule has 1 N–H and O–H groups in total. The fourth-order valence-corrected chi connectivity index (χ4v) is 2.37. The Morgan fingerprint density at radius 3 is 2.95 bits per heavy atom. The van der Waals surface area contributed by atoms with Crippen LogP contribution in [0.1, 0.15) is 31.5 Å². The number of nitrogens with one attached hydrogen (secondary N) is 1. The highest BCUT2D eigenvalue weighted by molar-refractivity contribution is 7.09. The predicted molar refractivity (Wildman–Crippen MR) is 78.8 cm³/mol. The summed E-state index contributed by atoms with van der Waals surface area (Å²) in [7, 11) is 0. The maximum Gasteiger partial charge on any atom is 0.237 e. The Labute approximate surface area is 117 Å². The molecule has 4 nitrogen and oxygen atoms in total. The lowest BCUT2D eigenvalue weighted by Gasteiger charge is -2.13. The summed E-state index contributed by atoms with van der Waals surface area (Å²) in [6.07, 6.45) is 2.83. The number of nitrogens with zero attached hydrogens (tertiary/aromatic N) is 2. The first kappa shape index (κ1) is 13.8. The first-order valence-corrected chi connectivity index (χ1v) is 7.35. The molecule has 0 atom stereocenters. The average molecular weight is 277 g/mol. The van der Waals surface area contributed by atoms with E-state index in [1.807, 2.05) is 26.0 Å². The van der Waals surface area contributed by atoms with E-state index < -0.39 is 0 Å². The lowest BCUT2D eigenvalue weighted by Crippen LogP contribution is -2.10. The Kier molecular flexibility index (Phi) is 4.74. The van der Waals surface area contributed by atoms with Crippen molar-refractivity contribution in [2.45, 2.75) is 39.8 Å². The molecular weight excluding hydrogens is 258 g/mol. The van der Waals surface area contributed by atoms with Crippen LogP contribution < -0.4 is 10.1 Å². The molecule has 0 aliphatic rings. The van der Waals surface area contributed by atoms with Crippen LogP contribution in [0.5, 0.6) is 5.88 Å². The summed E-state index contributed by atoms with van der Waals surface area (Å²) in [4.78, 5) is 8.78. The van der Waals surface area contributed by atoms with Gasteiger partial charge in [0.2, 0.25) is 5.88 Å². The van der Waals surface area contributed by atoms with E-state index in [-0.39, 0.29) is 6.10 Å². The average Bonchev–Trinajstić information content (AvgIpc) is 2.85. The number of hydrogen-bond donors (Lipinski definition) is 1. The third-order valence-electron chi connectivity index (χ3n) is 2.48. The molecule has 2 rings (SSSR count). The smallest absolute Gasteiger partial charge is 0.237 e. The number of aryl methyl sites for hydroxylation is 1. The van der Waals surface area contributed by atoms with Gasteiger partial charge in [0.1, 0.15) is 0 Å². The Hall–Kier alpha value is -1.62. The molecule has 0 radical (unpaired) electrons. The Morgan fingerprint density at radius 1 is 1.42 bits per heavy atom. The minimum absolute atomic E-state index is 0.112. The van der Waals surface area contributed by atoms with Gasteiger partial charge in [-0.3, -0.25) is 0 Å². The van der Waals surface area contributed by atoms with Crippen LogP contribution in [0, 0.1) is 0 Å². The van der Waals surface area contributed by atoms with Crippen molar-refractivity contribution in [2.75, 3.05) is 5.32 Å². The summed E-state index contributed by atoms with van der Waals surface area (Å²) in [5.41, 5.74) is 1.96. The van der Waals surface area contributed by atoms with E-state index in [9.17, 15) is 0 Å². The standard InChI is InChI=1S/C14H19N3OS/c1-4-13-17-11(9-19-13)8-16-12-6-5-7-15-14(12)18-10(2)3/h5-7,9-10,16H,4,8H2,1-3H3. The van der Waals surface area contributed by atoms with E-state index in [2.05, 4.69) is 27.6 Å². The number of aromatic nitrogens is 2. The number of hydrogen-bond acceptors (Lipinski definition) is 5. The van der Waals surface area contributed by atoms with Crippen molar-refractivity contribution in [3.8, 4) is 5.88 Å². The molecule has 102 valence electrons. The van der Waals surface area contributed by atoms with Gasteiger partial charge in [-0.05, 0) is 32.4 Å². The number of pyridine rings is 1. The van der Waals surface area contributed by atoms with Crippen molar-refractivity contribution in [1.29, 1.82) is 0 Å². The minimum atomic E-state index is 0.112. The third kappa shape index (κ3) is 3.92. The monoisotopic (exact) mass is 277 g/mol. The van der Waals surface area contributed by atoms with Crippen LogP contribution in [0.4, 0.5) is 5.69 Å². The lowest BCUT2D eigenvalue weighted by atomic mass is 10.3. The highest BCUT2D eigenvalue weighted by Crippen LogP contribution is 2.22. The van der Waals surface area contributed by atoms with Crippen molar-refractivity contribution in [2.24, 2.45) is 0 Å². The number of anilines is 1. The van der Waals surface area contributed by atoms with Gasteiger partial charge < -0.3 is 10.1 Å². The van der Waals surface area contributed by atoms with Crippen molar-refractivity contribution < 1.29 is 4.74 Å². The van der Waals surface area contributed by atoms with Crippen molar-refractivity contribution in [3.05, 3.63) is 34.4 Å². The van der Waals surface area contributed by atoms with Crippen LogP contribution in [0.3, 0.4) is 0 Å². The zero-order chi connectivity index (χ0) is 13.7. The maximum atomic E-state index is 5.67. The summed E-state index contributed by atoms with van der Waals surface area (Å²) in [5, 5.41) is 6.59. The van der Waals surface area contributed by atoms with Crippen LogP contribution in [0.15, 0.2) is 23.7 Å². The van der Waals surface area contributed by atoms with E-state index in [4.69, 9.17) is 4.74 Å². The first-order chi connectivity index (χ1) is 9.19. The molecule has 0 spiro atoms. The molecule has 0 saturated heterocycles. The highest BCUT2D eigenvalue weighted by Gasteiger charge is 2.07. The molecule has 0 fully saturated rings. The molecule has 0 unspecified atom stereocenters. The highest BCUT2D eigenvalue weighted by atomic mass is 32.1. The fraction of sp³-hybridized carbons (Fsp3) is 0.429. The molecule has 0 aromatic carbocycles. The summed E-state index contributed by atoms with van der Waals surface area (Å²) in [6.45, 7) is 6.79. The van der Waals surface area contributed by atoms with Crippen LogP contribution in [0.25, 0.3) is 0 Å². The Balaban J connectivity index is 2.02. The number of rotatable bonds is 6. The van der Waals surface area contributed by atoms with Crippen molar-refractivity contribution in [3.63, 3.8) is 0 Å². The van der Waals surface area contributed by atoms with Gasteiger partial charge >= 0.3 is 0 Å². The van der Waals surface area contributed by atoms with Gasteiger partial charge in [-0.2, -0.15) is 0 Å². The number of thiazole rings is 1. The fourth-order valence-electron chi connectivity index (χ4n) is 1.62. The zero-order valence-corrected chi connectivity index (χ0v) is 12.3. The van der Waals surface area contributed by atoms with Crippen molar-refractivity contribution in [1.82, 2.24) is 9.97 Å². The summed E-state index contributed by atoms with van der Waals surface area (Å²) < 4.78 is 5.67. The van der Waals surface area contributed by atoms with Gasteiger partial charge in [0, 0.05) is 11.6 Å².